The van der Waals surface area contributed by atoms with E-state index in [-0.39, 0.29) is 30.2 Å². The van der Waals surface area contributed by atoms with Gasteiger partial charge in [0.05, 0.1) is 23.4 Å². The summed E-state index contributed by atoms with van der Waals surface area (Å²) in [6, 6.07) is 3.53. The summed E-state index contributed by atoms with van der Waals surface area (Å²) in [6.45, 7) is 1.22. The SMILES string of the molecule is C[C@]1(CO)Cc2cc(NC(=O)C(=CN)c3ncccn3)c(C(F)(F)F)cc2O1. The van der Waals surface area contributed by atoms with E-state index < -0.39 is 28.9 Å². The van der Waals surface area contributed by atoms with E-state index in [2.05, 4.69) is 15.3 Å². The first kappa shape index (κ1) is 19.6. The van der Waals surface area contributed by atoms with Crippen molar-refractivity contribution in [2.75, 3.05) is 11.9 Å². The molecule has 1 aromatic carbocycles. The number of alkyl halides is 3. The van der Waals surface area contributed by atoms with Crippen LogP contribution in [0.3, 0.4) is 0 Å². The number of ether oxygens (including phenoxy) is 1. The number of rotatable bonds is 4. The van der Waals surface area contributed by atoms with Crippen LogP contribution < -0.4 is 15.8 Å². The lowest BCUT2D eigenvalue weighted by molar-refractivity contribution is -0.137. The number of halogens is 3. The average molecular weight is 394 g/mol. The van der Waals surface area contributed by atoms with Crippen LogP contribution in [0.2, 0.25) is 0 Å². The fourth-order valence-electron chi connectivity index (χ4n) is 2.87. The summed E-state index contributed by atoms with van der Waals surface area (Å²) in [5.74, 6) is -0.890. The van der Waals surface area contributed by atoms with Crippen molar-refractivity contribution in [2.45, 2.75) is 25.1 Å². The van der Waals surface area contributed by atoms with Gasteiger partial charge >= 0.3 is 6.18 Å². The molecule has 1 amide bonds. The van der Waals surface area contributed by atoms with E-state index in [1.165, 1.54) is 24.5 Å². The minimum Gasteiger partial charge on any atom is -0.485 e. The van der Waals surface area contributed by atoms with Crippen molar-refractivity contribution >= 4 is 17.2 Å². The summed E-state index contributed by atoms with van der Waals surface area (Å²) in [7, 11) is 0. The third-order valence-electron chi connectivity index (χ3n) is 4.23. The molecular weight excluding hydrogens is 377 g/mol. The Hall–Kier alpha value is -3.14. The van der Waals surface area contributed by atoms with Crippen molar-refractivity contribution in [3.63, 3.8) is 0 Å². The molecule has 0 saturated heterocycles. The lowest BCUT2D eigenvalue weighted by Gasteiger charge is -2.20. The second-order valence-electron chi connectivity index (χ2n) is 6.50. The lowest BCUT2D eigenvalue weighted by Crippen LogP contribution is -2.34. The molecule has 28 heavy (non-hydrogen) atoms. The Balaban J connectivity index is 1.98. The zero-order valence-corrected chi connectivity index (χ0v) is 14.7. The normalized spacial score (nSPS) is 19.1. The molecule has 10 heteroatoms. The van der Waals surface area contributed by atoms with Crippen LogP contribution in [0, 0.1) is 0 Å². The smallest absolute Gasteiger partial charge is 0.418 e. The van der Waals surface area contributed by atoms with Gasteiger partial charge in [0.15, 0.2) is 5.82 Å². The summed E-state index contributed by atoms with van der Waals surface area (Å²) >= 11 is 0. The number of amides is 1. The van der Waals surface area contributed by atoms with Gasteiger partial charge in [0, 0.05) is 30.6 Å². The maximum Gasteiger partial charge on any atom is 0.418 e. The summed E-state index contributed by atoms with van der Waals surface area (Å²) in [5, 5.41) is 11.7. The Morgan fingerprint density at radius 3 is 2.64 bits per heavy atom. The van der Waals surface area contributed by atoms with Gasteiger partial charge in [-0.05, 0) is 25.1 Å². The molecule has 1 aliphatic rings. The Morgan fingerprint density at radius 1 is 1.39 bits per heavy atom. The molecule has 1 atom stereocenters. The van der Waals surface area contributed by atoms with E-state index in [1.807, 2.05) is 0 Å². The average Bonchev–Trinajstić information content (AvgIpc) is 2.98. The van der Waals surface area contributed by atoms with Crippen LogP contribution in [0.25, 0.3) is 5.57 Å². The molecule has 3 rings (SSSR count). The fraction of sp³-hybridized carbons (Fsp3) is 0.278. The van der Waals surface area contributed by atoms with Crippen LogP contribution in [-0.4, -0.2) is 33.2 Å². The van der Waals surface area contributed by atoms with Gasteiger partial charge in [-0.1, -0.05) is 0 Å². The summed E-state index contributed by atoms with van der Waals surface area (Å²) in [4.78, 5) is 20.3. The largest absolute Gasteiger partial charge is 0.485 e. The fourth-order valence-corrected chi connectivity index (χ4v) is 2.87. The molecular formula is C18H17F3N4O3. The predicted octanol–water partition coefficient (Wildman–Crippen LogP) is 2.12. The number of benzene rings is 1. The van der Waals surface area contributed by atoms with Crippen LogP contribution in [0.5, 0.6) is 5.75 Å². The molecule has 148 valence electrons. The molecule has 7 nitrogen and oxygen atoms in total. The summed E-state index contributed by atoms with van der Waals surface area (Å²) in [6.07, 6.45) is -0.862. The molecule has 1 aromatic heterocycles. The minimum atomic E-state index is -4.74. The number of carbonyl (C=O) groups excluding carboxylic acids is 1. The Kier molecular flexibility index (Phi) is 4.99. The van der Waals surface area contributed by atoms with E-state index in [0.717, 1.165) is 12.3 Å². The van der Waals surface area contributed by atoms with E-state index in [9.17, 15) is 23.1 Å². The molecule has 0 unspecified atom stereocenters. The van der Waals surface area contributed by atoms with Crippen LogP contribution in [0.1, 0.15) is 23.9 Å². The van der Waals surface area contributed by atoms with E-state index >= 15 is 0 Å². The predicted molar refractivity (Wildman–Crippen MR) is 94.1 cm³/mol. The molecule has 0 aliphatic carbocycles. The first-order chi connectivity index (χ1) is 13.2. The Morgan fingerprint density at radius 2 is 2.07 bits per heavy atom. The topological polar surface area (TPSA) is 110 Å². The second kappa shape index (κ2) is 7.12. The van der Waals surface area contributed by atoms with Gasteiger partial charge in [-0.15, -0.1) is 0 Å². The molecule has 0 spiro atoms. The van der Waals surface area contributed by atoms with Gasteiger partial charge in [0.25, 0.3) is 5.91 Å². The Labute approximate surface area is 158 Å². The molecule has 4 N–H and O–H groups in total. The highest BCUT2D eigenvalue weighted by molar-refractivity contribution is 6.24. The van der Waals surface area contributed by atoms with Crippen molar-refractivity contribution < 1.29 is 27.8 Å². The van der Waals surface area contributed by atoms with Crippen LogP contribution in [0.15, 0.2) is 36.8 Å². The number of carbonyl (C=O) groups is 1. The van der Waals surface area contributed by atoms with Crippen LogP contribution in [-0.2, 0) is 17.4 Å². The van der Waals surface area contributed by atoms with Gasteiger partial charge in [-0.2, -0.15) is 13.2 Å². The molecule has 2 aromatic rings. The molecule has 0 radical (unpaired) electrons. The monoisotopic (exact) mass is 394 g/mol. The van der Waals surface area contributed by atoms with Crippen molar-refractivity contribution in [3.8, 4) is 5.75 Å². The standard InChI is InChI=1S/C18H17F3N4O3/c1-17(9-26)7-10-5-13(12(18(19,20)21)6-14(10)28-17)25-16(27)11(8-22)15-23-3-2-4-24-15/h2-6,8,26H,7,9,22H2,1H3,(H,25,27)/t17-/m1/s1. The lowest BCUT2D eigenvalue weighted by atomic mass is 9.98. The third-order valence-corrected chi connectivity index (χ3v) is 4.23. The maximum atomic E-state index is 13.5. The van der Waals surface area contributed by atoms with Gasteiger partial charge in [-0.25, -0.2) is 9.97 Å². The number of fused-ring (bicyclic) bond motifs is 1. The zero-order chi connectivity index (χ0) is 20.5. The van der Waals surface area contributed by atoms with Crippen molar-refractivity contribution in [2.24, 2.45) is 5.73 Å². The number of aliphatic hydroxyl groups excluding tert-OH is 1. The number of anilines is 1. The van der Waals surface area contributed by atoms with Crippen molar-refractivity contribution in [1.82, 2.24) is 9.97 Å². The zero-order valence-electron chi connectivity index (χ0n) is 14.7. The molecule has 0 bridgehead atoms. The Bertz CT molecular complexity index is 932. The molecule has 2 heterocycles. The highest BCUT2D eigenvalue weighted by atomic mass is 19.4. The van der Waals surface area contributed by atoms with Gasteiger partial charge in [0.2, 0.25) is 0 Å². The van der Waals surface area contributed by atoms with Crippen molar-refractivity contribution in [3.05, 3.63) is 53.7 Å². The van der Waals surface area contributed by atoms with E-state index in [4.69, 9.17) is 10.5 Å². The highest BCUT2D eigenvalue weighted by Gasteiger charge is 2.40. The summed E-state index contributed by atoms with van der Waals surface area (Å²) < 4.78 is 46.0. The second-order valence-corrected chi connectivity index (χ2v) is 6.50. The number of hydrogen-bond donors (Lipinski definition) is 3. The molecule has 1 aliphatic heterocycles. The minimum absolute atomic E-state index is 0.0165. The summed E-state index contributed by atoms with van der Waals surface area (Å²) in [5.41, 5.74) is 3.17. The number of nitrogens with zero attached hydrogens (tertiary/aromatic N) is 2. The first-order valence-electron chi connectivity index (χ1n) is 8.21. The van der Waals surface area contributed by atoms with E-state index in [1.54, 1.807) is 6.92 Å². The van der Waals surface area contributed by atoms with Crippen molar-refractivity contribution in [1.29, 1.82) is 0 Å². The first-order valence-corrected chi connectivity index (χ1v) is 8.21. The number of hydrogen-bond acceptors (Lipinski definition) is 6. The number of nitrogens with two attached hydrogens (primary N) is 1. The molecule has 0 fully saturated rings. The number of nitrogens with one attached hydrogen (secondary N) is 1. The highest BCUT2D eigenvalue weighted by Crippen LogP contribution is 2.43. The number of aromatic nitrogens is 2. The van der Waals surface area contributed by atoms with Gasteiger partial charge in [-0.3, -0.25) is 4.79 Å². The molecule has 0 saturated carbocycles. The maximum absolute atomic E-state index is 13.5. The third kappa shape index (κ3) is 3.77. The van der Waals surface area contributed by atoms with Gasteiger partial charge < -0.3 is 20.9 Å². The number of aliphatic hydroxyl groups is 1. The van der Waals surface area contributed by atoms with E-state index in [0.29, 0.717) is 5.56 Å². The van der Waals surface area contributed by atoms with Crippen LogP contribution in [0.4, 0.5) is 18.9 Å². The van der Waals surface area contributed by atoms with Gasteiger partial charge in [0.1, 0.15) is 11.4 Å². The quantitative estimate of drug-likeness (QED) is 0.685. The van der Waals surface area contributed by atoms with Crippen LogP contribution >= 0.6 is 0 Å².